The quantitative estimate of drug-likeness (QED) is 0.552. The number of fused-ring (bicyclic) bond motifs is 1. The van der Waals surface area contributed by atoms with Crippen LogP contribution in [0.1, 0.15) is 56.1 Å². The van der Waals surface area contributed by atoms with Crippen molar-refractivity contribution in [3.63, 3.8) is 0 Å². The van der Waals surface area contributed by atoms with Crippen molar-refractivity contribution in [2.24, 2.45) is 0 Å². The molecule has 1 aliphatic carbocycles. The molecule has 3 aromatic rings. The van der Waals surface area contributed by atoms with Gasteiger partial charge in [0.15, 0.2) is 0 Å². The number of nitrogens with zero attached hydrogens (tertiary/aromatic N) is 2. The number of ether oxygens (including phenoxy) is 1. The highest BCUT2D eigenvalue weighted by atomic mass is 16.5. The van der Waals surface area contributed by atoms with Gasteiger partial charge in [0.25, 0.3) is 5.91 Å². The van der Waals surface area contributed by atoms with Crippen molar-refractivity contribution in [2.75, 3.05) is 13.7 Å². The zero-order valence-corrected chi connectivity index (χ0v) is 19.3. The fourth-order valence-corrected chi connectivity index (χ4v) is 4.49. The molecule has 2 N–H and O–H groups in total. The Labute approximate surface area is 189 Å². The summed E-state index contributed by atoms with van der Waals surface area (Å²) in [5, 5.41) is 3.72. The Kier molecular flexibility index (Phi) is 6.21. The van der Waals surface area contributed by atoms with Gasteiger partial charge in [-0.1, -0.05) is 12.1 Å². The molecule has 1 atom stereocenters. The number of carbonyl (C=O) groups excluding carboxylic acids is 1. The summed E-state index contributed by atoms with van der Waals surface area (Å²) < 4.78 is 5.29. The van der Waals surface area contributed by atoms with Gasteiger partial charge in [0.2, 0.25) is 0 Å². The molecule has 0 fully saturated rings. The second-order valence-corrected chi connectivity index (χ2v) is 8.84. The third kappa shape index (κ3) is 4.49. The molecule has 6 nitrogen and oxygen atoms in total. The minimum atomic E-state index is -0.232. The molecule has 0 aliphatic heterocycles. The van der Waals surface area contributed by atoms with E-state index < -0.39 is 0 Å². The molecule has 0 spiro atoms. The lowest BCUT2D eigenvalue weighted by molar-refractivity contribution is 0.0705. The largest absolute Gasteiger partial charge is 0.497 e. The topological polar surface area (TPSA) is 70.2 Å². The van der Waals surface area contributed by atoms with Crippen molar-refractivity contribution in [1.82, 2.24) is 20.2 Å². The molecule has 32 heavy (non-hydrogen) atoms. The van der Waals surface area contributed by atoms with E-state index in [9.17, 15) is 4.79 Å². The maximum Gasteiger partial charge on any atom is 0.270 e. The predicted molar refractivity (Wildman–Crippen MR) is 128 cm³/mol. The van der Waals surface area contributed by atoms with Crippen LogP contribution in [-0.4, -0.2) is 40.5 Å². The number of hydrogen-bond acceptors (Lipinski definition) is 4. The van der Waals surface area contributed by atoms with E-state index in [1.807, 2.05) is 42.2 Å². The summed E-state index contributed by atoms with van der Waals surface area (Å²) in [4.78, 5) is 22.8. The lowest BCUT2D eigenvalue weighted by Crippen LogP contribution is -2.43. The number of carbonyl (C=O) groups is 1. The Hall–Kier alpha value is -3.28. The molecule has 0 unspecified atom stereocenters. The van der Waals surface area contributed by atoms with Crippen molar-refractivity contribution < 1.29 is 9.53 Å². The van der Waals surface area contributed by atoms with Crippen molar-refractivity contribution in [3.05, 3.63) is 71.7 Å². The molecule has 4 rings (SSSR count). The van der Waals surface area contributed by atoms with Crippen LogP contribution in [0.25, 0.3) is 11.0 Å². The summed E-state index contributed by atoms with van der Waals surface area (Å²) >= 11 is 0. The number of benzene rings is 1. The van der Waals surface area contributed by atoms with Gasteiger partial charge >= 0.3 is 0 Å². The normalized spacial score (nSPS) is 16.5. The van der Waals surface area contributed by atoms with Gasteiger partial charge in [-0.25, -0.2) is 0 Å². The second-order valence-electron chi connectivity index (χ2n) is 8.84. The van der Waals surface area contributed by atoms with Crippen molar-refractivity contribution in [1.29, 1.82) is 0 Å². The van der Waals surface area contributed by atoms with E-state index in [1.165, 1.54) is 11.3 Å². The summed E-state index contributed by atoms with van der Waals surface area (Å²) in [5.41, 5.74) is 4.43. The Balaban J connectivity index is 1.52. The number of amides is 1. The van der Waals surface area contributed by atoms with E-state index in [0.29, 0.717) is 12.2 Å². The molecule has 1 amide bonds. The van der Waals surface area contributed by atoms with Crippen LogP contribution in [-0.2, 0) is 5.54 Å². The predicted octanol–water partition coefficient (Wildman–Crippen LogP) is 4.99. The van der Waals surface area contributed by atoms with E-state index in [0.717, 1.165) is 36.0 Å². The number of aromatic amines is 1. The molecular weight excluding hydrogens is 400 g/mol. The van der Waals surface area contributed by atoms with Crippen LogP contribution < -0.4 is 10.1 Å². The van der Waals surface area contributed by atoms with Gasteiger partial charge in [-0.15, -0.1) is 0 Å². The summed E-state index contributed by atoms with van der Waals surface area (Å²) in [7, 11) is 1.68. The molecule has 2 heterocycles. The average molecular weight is 433 g/mol. The summed E-state index contributed by atoms with van der Waals surface area (Å²) in [6.07, 6.45) is 6.97. The van der Waals surface area contributed by atoms with Gasteiger partial charge < -0.3 is 19.9 Å². The van der Waals surface area contributed by atoms with Crippen LogP contribution in [0.5, 0.6) is 5.75 Å². The molecule has 1 aromatic carbocycles. The van der Waals surface area contributed by atoms with Crippen LogP contribution in [0.2, 0.25) is 0 Å². The number of aromatic nitrogens is 2. The number of methoxy groups -OCH3 is 1. The lowest BCUT2D eigenvalue weighted by Gasteiger charge is -2.35. The lowest BCUT2D eigenvalue weighted by atomic mass is 9.91. The van der Waals surface area contributed by atoms with E-state index in [2.05, 4.69) is 47.3 Å². The number of pyridine rings is 1. The van der Waals surface area contributed by atoms with Gasteiger partial charge in [-0.2, -0.15) is 0 Å². The third-order valence-corrected chi connectivity index (χ3v) is 6.25. The second kappa shape index (κ2) is 9.07. The molecule has 168 valence electrons. The van der Waals surface area contributed by atoms with Crippen molar-refractivity contribution in [2.45, 2.75) is 51.6 Å². The SMILES string of the molecule is CCN(C(=O)c1cc2ncccc2[nH]1)[C@@H]1C=C(NC(C)(C)c2ccc(OC)cc2)CCC1. The van der Waals surface area contributed by atoms with Crippen LogP contribution in [0, 0.1) is 0 Å². The minimum Gasteiger partial charge on any atom is -0.497 e. The van der Waals surface area contributed by atoms with E-state index in [-0.39, 0.29) is 17.5 Å². The molecule has 6 heteroatoms. The first kappa shape index (κ1) is 21.9. The van der Waals surface area contributed by atoms with Crippen molar-refractivity contribution in [3.8, 4) is 5.75 Å². The summed E-state index contributed by atoms with van der Waals surface area (Å²) in [6.45, 7) is 7.05. The molecular formula is C26H32N4O2. The maximum absolute atomic E-state index is 13.3. The van der Waals surface area contributed by atoms with Gasteiger partial charge in [-0.3, -0.25) is 9.78 Å². The van der Waals surface area contributed by atoms with E-state index >= 15 is 0 Å². The molecule has 0 radical (unpaired) electrons. The number of nitrogens with one attached hydrogen (secondary N) is 2. The van der Waals surface area contributed by atoms with Gasteiger partial charge in [0.05, 0.1) is 29.7 Å². The Morgan fingerprint density at radius 3 is 2.75 bits per heavy atom. The fraction of sp³-hybridized carbons (Fsp3) is 0.385. The number of H-pyrrole nitrogens is 1. The standard InChI is InChI=1S/C26H32N4O2/c1-5-30(25(31)24-17-23-22(28-24)10-7-15-27-23)20-9-6-8-19(16-20)29-26(2,3)18-11-13-21(32-4)14-12-18/h7,10-17,20,28-29H,5-6,8-9H2,1-4H3/t20-/m0/s1. The number of rotatable bonds is 7. The zero-order valence-electron chi connectivity index (χ0n) is 19.3. The molecule has 0 saturated carbocycles. The first-order valence-electron chi connectivity index (χ1n) is 11.3. The van der Waals surface area contributed by atoms with Gasteiger partial charge in [0.1, 0.15) is 11.4 Å². The highest BCUT2D eigenvalue weighted by Crippen LogP contribution is 2.28. The minimum absolute atomic E-state index is 0.0161. The summed E-state index contributed by atoms with van der Waals surface area (Å²) in [6, 6.07) is 13.9. The van der Waals surface area contributed by atoms with Crippen LogP contribution in [0.15, 0.2) is 60.4 Å². The average Bonchev–Trinajstić information content (AvgIpc) is 3.24. The first-order valence-corrected chi connectivity index (χ1v) is 11.3. The zero-order chi connectivity index (χ0) is 22.7. The first-order chi connectivity index (χ1) is 15.4. The smallest absolute Gasteiger partial charge is 0.270 e. The molecule has 2 aromatic heterocycles. The van der Waals surface area contributed by atoms with Crippen LogP contribution >= 0.6 is 0 Å². The Bertz CT molecular complexity index is 1080. The van der Waals surface area contributed by atoms with Gasteiger partial charge in [0, 0.05) is 18.4 Å². The summed E-state index contributed by atoms with van der Waals surface area (Å²) in [5.74, 6) is 0.869. The molecule has 1 aliphatic rings. The highest BCUT2D eigenvalue weighted by Gasteiger charge is 2.28. The van der Waals surface area contributed by atoms with Crippen LogP contribution in [0.4, 0.5) is 0 Å². The highest BCUT2D eigenvalue weighted by molar-refractivity contribution is 5.97. The van der Waals surface area contributed by atoms with Crippen LogP contribution in [0.3, 0.4) is 0 Å². The number of likely N-dealkylation sites (N-methyl/N-ethyl adjacent to an activating group) is 1. The van der Waals surface area contributed by atoms with E-state index in [4.69, 9.17) is 4.74 Å². The molecule has 0 saturated heterocycles. The van der Waals surface area contributed by atoms with E-state index in [1.54, 1.807) is 13.3 Å². The number of hydrogen-bond donors (Lipinski definition) is 2. The number of allylic oxidation sites excluding steroid dienone is 1. The Morgan fingerprint density at radius 2 is 2.06 bits per heavy atom. The Morgan fingerprint density at radius 1 is 1.28 bits per heavy atom. The third-order valence-electron chi connectivity index (χ3n) is 6.25. The maximum atomic E-state index is 13.3. The monoisotopic (exact) mass is 432 g/mol. The fourth-order valence-electron chi connectivity index (χ4n) is 4.49. The van der Waals surface area contributed by atoms with Crippen molar-refractivity contribution >= 4 is 16.9 Å². The molecule has 0 bridgehead atoms. The van der Waals surface area contributed by atoms with Gasteiger partial charge in [-0.05, 0) is 82.0 Å².